The van der Waals surface area contributed by atoms with Crippen molar-refractivity contribution in [2.45, 2.75) is 31.1 Å². The number of fused-ring (bicyclic) bond motifs is 2. The second-order valence-corrected chi connectivity index (χ2v) is 9.87. The molecule has 3 aromatic heterocycles. The highest BCUT2D eigenvalue weighted by atomic mass is 35.5. The third-order valence-electron chi connectivity index (χ3n) is 4.48. The van der Waals surface area contributed by atoms with E-state index in [9.17, 15) is 13.2 Å². The predicted molar refractivity (Wildman–Crippen MR) is 112 cm³/mol. The summed E-state index contributed by atoms with van der Waals surface area (Å²) in [4.78, 5) is 19.7. The average Bonchev–Trinajstić information content (AvgIpc) is 3.19. The van der Waals surface area contributed by atoms with Gasteiger partial charge in [-0.1, -0.05) is 17.7 Å². The Labute approximate surface area is 175 Å². The van der Waals surface area contributed by atoms with E-state index in [0.29, 0.717) is 33.4 Å². The summed E-state index contributed by atoms with van der Waals surface area (Å²) in [6, 6.07) is 9.81. The lowest BCUT2D eigenvalue weighted by molar-refractivity contribution is -0.137. The van der Waals surface area contributed by atoms with Gasteiger partial charge >= 0.3 is 5.97 Å². The predicted octanol–water partition coefficient (Wildman–Crippen LogP) is 4.25. The molecule has 7 nitrogen and oxygen atoms in total. The lowest BCUT2D eigenvalue weighted by Gasteiger charge is -2.12. The normalized spacial score (nSPS) is 12.1. The first kappa shape index (κ1) is 19.8. The molecule has 29 heavy (non-hydrogen) atoms. The molecule has 0 radical (unpaired) electrons. The van der Waals surface area contributed by atoms with Crippen molar-refractivity contribution in [2.24, 2.45) is 0 Å². The zero-order valence-electron chi connectivity index (χ0n) is 15.3. The lowest BCUT2D eigenvalue weighted by atomic mass is 10.2. The fraction of sp³-hybridized carbons (Fsp3) is 0.211. The molecule has 4 aromatic rings. The second kappa shape index (κ2) is 7.40. The topological polar surface area (TPSA) is 102 Å². The molecule has 0 amide bonds. The van der Waals surface area contributed by atoms with Crippen LogP contribution in [-0.2, 0) is 21.2 Å². The van der Waals surface area contributed by atoms with Crippen LogP contribution in [0.1, 0.15) is 23.5 Å². The van der Waals surface area contributed by atoms with Crippen LogP contribution in [0.5, 0.6) is 0 Å². The Hall–Kier alpha value is -2.49. The molecule has 0 saturated carbocycles. The number of hydrogen-bond donors (Lipinski definition) is 1. The fourth-order valence-corrected chi connectivity index (χ4v) is 6.38. The monoisotopic (exact) mass is 449 g/mol. The molecule has 0 bridgehead atoms. The number of carbonyl (C=O) groups is 1. The summed E-state index contributed by atoms with van der Waals surface area (Å²) < 4.78 is 29.2. The first-order chi connectivity index (χ1) is 13.8. The SMILES string of the molecule is Cc1nc2cccc(S(=O)(=O)n3c(CCCC(=O)O)cc4nc(Cl)ccc43)c2s1. The highest BCUT2D eigenvalue weighted by Gasteiger charge is 2.26. The van der Waals surface area contributed by atoms with Crippen LogP contribution in [0, 0.1) is 6.92 Å². The number of aryl methyl sites for hydroxylation is 2. The van der Waals surface area contributed by atoms with Gasteiger partial charge in [-0.3, -0.25) is 4.79 Å². The lowest BCUT2D eigenvalue weighted by Crippen LogP contribution is -2.16. The molecule has 1 aromatic carbocycles. The second-order valence-electron chi connectivity index (χ2n) is 6.53. The Bertz CT molecular complexity index is 1360. The van der Waals surface area contributed by atoms with Crippen molar-refractivity contribution < 1.29 is 18.3 Å². The number of rotatable bonds is 6. The van der Waals surface area contributed by atoms with E-state index in [2.05, 4.69) is 9.97 Å². The Morgan fingerprint density at radius 2 is 2.00 bits per heavy atom. The molecule has 0 saturated heterocycles. The van der Waals surface area contributed by atoms with Crippen LogP contribution < -0.4 is 0 Å². The van der Waals surface area contributed by atoms with Crippen LogP contribution in [0.15, 0.2) is 41.3 Å². The number of carboxylic acid groups (broad SMARTS) is 1. The van der Waals surface area contributed by atoms with Crippen LogP contribution >= 0.6 is 22.9 Å². The molecule has 0 unspecified atom stereocenters. The number of benzene rings is 1. The number of hydrogen-bond acceptors (Lipinski definition) is 6. The Morgan fingerprint density at radius 1 is 1.21 bits per heavy atom. The van der Waals surface area contributed by atoms with Gasteiger partial charge in [-0.05, 0) is 50.1 Å². The van der Waals surface area contributed by atoms with Crippen molar-refractivity contribution in [2.75, 3.05) is 0 Å². The maximum atomic E-state index is 13.7. The van der Waals surface area contributed by atoms with Crippen LogP contribution in [0.3, 0.4) is 0 Å². The minimum atomic E-state index is -3.97. The molecule has 0 aliphatic rings. The van der Waals surface area contributed by atoms with Gasteiger partial charge in [0.2, 0.25) is 0 Å². The number of halogens is 1. The highest BCUT2D eigenvalue weighted by molar-refractivity contribution is 7.90. The molecule has 3 heterocycles. The van der Waals surface area contributed by atoms with Crippen molar-refractivity contribution in [3.63, 3.8) is 0 Å². The summed E-state index contributed by atoms with van der Waals surface area (Å²) in [5.74, 6) is -0.929. The van der Waals surface area contributed by atoms with Gasteiger partial charge in [0.25, 0.3) is 10.0 Å². The molecule has 10 heteroatoms. The van der Waals surface area contributed by atoms with Gasteiger partial charge in [0.05, 0.1) is 26.3 Å². The van der Waals surface area contributed by atoms with Gasteiger partial charge in [-0.25, -0.2) is 22.4 Å². The van der Waals surface area contributed by atoms with E-state index >= 15 is 0 Å². The summed E-state index contributed by atoms with van der Waals surface area (Å²) in [5.41, 5.74) is 1.94. The largest absolute Gasteiger partial charge is 0.481 e. The van der Waals surface area contributed by atoms with Gasteiger partial charge in [-0.15, -0.1) is 11.3 Å². The molecule has 150 valence electrons. The van der Waals surface area contributed by atoms with Crippen LogP contribution in [0.2, 0.25) is 5.15 Å². The van der Waals surface area contributed by atoms with Crippen molar-refractivity contribution in [1.82, 2.24) is 13.9 Å². The summed E-state index contributed by atoms with van der Waals surface area (Å²) >= 11 is 7.30. The van der Waals surface area contributed by atoms with Crippen LogP contribution in [0.25, 0.3) is 21.3 Å². The van der Waals surface area contributed by atoms with Crippen molar-refractivity contribution >= 4 is 60.2 Å². The fourth-order valence-electron chi connectivity index (χ4n) is 3.31. The van der Waals surface area contributed by atoms with E-state index in [1.54, 1.807) is 30.3 Å². The Kier molecular flexibility index (Phi) is 5.05. The number of carboxylic acids is 1. The van der Waals surface area contributed by atoms with E-state index in [-0.39, 0.29) is 22.9 Å². The van der Waals surface area contributed by atoms with Crippen molar-refractivity contribution in [1.29, 1.82) is 0 Å². The van der Waals surface area contributed by atoms with Gasteiger partial charge in [0.15, 0.2) is 0 Å². The molecule has 1 N–H and O–H groups in total. The maximum Gasteiger partial charge on any atom is 0.303 e. The quantitative estimate of drug-likeness (QED) is 0.441. The number of thiazole rings is 1. The molecule has 0 aliphatic carbocycles. The van der Waals surface area contributed by atoms with E-state index in [4.69, 9.17) is 16.7 Å². The standard InChI is InChI=1S/C19H16ClN3O4S2/c1-11-21-13-5-3-6-16(19(13)28-11)29(26,27)23-12(4-2-7-18(24)25)10-14-15(23)8-9-17(20)22-14/h3,5-6,8-10H,2,4,7H2,1H3,(H,24,25). The van der Waals surface area contributed by atoms with Gasteiger partial charge in [0, 0.05) is 12.1 Å². The summed E-state index contributed by atoms with van der Waals surface area (Å²) in [6.07, 6.45) is 0.523. The first-order valence-electron chi connectivity index (χ1n) is 8.78. The van der Waals surface area contributed by atoms with E-state index in [1.165, 1.54) is 21.4 Å². The van der Waals surface area contributed by atoms with Gasteiger partial charge in [-0.2, -0.15) is 0 Å². The third kappa shape index (κ3) is 3.61. The molecule has 4 rings (SSSR count). The summed E-state index contributed by atoms with van der Waals surface area (Å²) in [6.45, 7) is 1.83. The summed E-state index contributed by atoms with van der Waals surface area (Å²) in [5, 5.41) is 9.96. The zero-order valence-corrected chi connectivity index (χ0v) is 17.7. The van der Waals surface area contributed by atoms with Crippen molar-refractivity contribution in [3.05, 3.63) is 52.3 Å². The Morgan fingerprint density at radius 3 is 2.76 bits per heavy atom. The van der Waals surface area contributed by atoms with Gasteiger partial charge < -0.3 is 5.11 Å². The molecule has 0 spiro atoms. The molecule has 0 aliphatic heterocycles. The van der Waals surface area contributed by atoms with Crippen molar-refractivity contribution in [3.8, 4) is 0 Å². The molecular formula is C19H16ClN3O4S2. The Balaban J connectivity index is 1.93. The van der Waals surface area contributed by atoms with E-state index in [1.807, 2.05) is 6.92 Å². The number of pyridine rings is 1. The molecule has 0 atom stereocenters. The highest BCUT2D eigenvalue weighted by Crippen LogP contribution is 2.33. The average molecular weight is 450 g/mol. The number of aliphatic carboxylic acids is 1. The zero-order chi connectivity index (χ0) is 20.8. The smallest absolute Gasteiger partial charge is 0.303 e. The molecule has 0 fully saturated rings. The van der Waals surface area contributed by atoms with E-state index in [0.717, 1.165) is 5.01 Å². The minimum absolute atomic E-state index is 0.0562. The van der Waals surface area contributed by atoms with E-state index < -0.39 is 16.0 Å². The van der Waals surface area contributed by atoms with Gasteiger partial charge in [0.1, 0.15) is 10.0 Å². The minimum Gasteiger partial charge on any atom is -0.481 e. The molecular weight excluding hydrogens is 434 g/mol. The van der Waals surface area contributed by atoms with Crippen LogP contribution in [-0.4, -0.2) is 33.4 Å². The maximum absolute atomic E-state index is 13.7. The number of nitrogens with zero attached hydrogens (tertiary/aromatic N) is 3. The summed E-state index contributed by atoms with van der Waals surface area (Å²) in [7, 11) is -3.97. The number of aromatic nitrogens is 3. The third-order valence-corrected chi connectivity index (χ3v) is 7.65. The van der Waals surface area contributed by atoms with Crippen LogP contribution in [0.4, 0.5) is 0 Å². The first-order valence-corrected chi connectivity index (χ1v) is 11.4.